The van der Waals surface area contributed by atoms with Gasteiger partial charge in [0, 0.05) is 0 Å². The molecule has 3 nitrogen and oxygen atoms in total. The number of phenolic OH excluding ortho intramolecular Hbond substituents is 1. The Kier molecular flexibility index (Phi) is 2.18. The summed E-state index contributed by atoms with van der Waals surface area (Å²) in [7, 11) is 0. The van der Waals surface area contributed by atoms with Gasteiger partial charge >= 0.3 is 0 Å². The number of aromatic hydroxyl groups is 1. The van der Waals surface area contributed by atoms with Crippen molar-refractivity contribution in [1.82, 2.24) is 0 Å². The third kappa shape index (κ3) is 1.69. The van der Waals surface area contributed by atoms with Crippen LogP contribution in [0.4, 0.5) is 0 Å². The summed E-state index contributed by atoms with van der Waals surface area (Å²) in [5, 5.41) is 9.54. The van der Waals surface area contributed by atoms with Gasteiger partial charge in [0.15, 0.2) is 11.9 Å². The highest BCUT2D eigenvalue weighted by molar-refractivity contribution is 5.64. The number of carbonyl (C=O) groups excluding carboxylic acids is 1. The Morgan fingerprint density at radius 1 is 1.53 bits per heavy atom. The van der Waals surface area contributed by atoms with E-state index in [2.05, 4.69) is 0 Å². The van der Waals surface area contributed by atoms with Crippen LogP contribution in [0.3, 0.4) is 0 Å². The van der Waals surface area contributed by atoms with Crippen LogP contribution in [0, 0.1) is 6.92 Å². The summed E-state index contributed by atoms with van der Waals surface area (Å²) < 4.78 is 5.63. The van der Waals surface area contributed by atoms with Crippen molar-refractivity contribution in [2.75, 3.05) is 0 Å². The average molecular weight is 206 g/mol. The SMILES string of the molecule is Cc1cc2c(cc1O)CCC(C)(C=O)O2. The highest BCUT2D eigenvalue weighted by Gasteiger charge is 2.31. The van der Waals surface area contributed by atoms with Crippen LogP contribution in [0.25, 0.3) is 0 Å². The molecule has 1 heterocycles. The molecule has 0 radical (unpaired) electrons. The largest absolute Gasteiger partial charge is 0.508 e. The molecule has 1 atom stereocenters. The average Bonchev–Trinajstić information content (AvgIpc) is 2.21. The van der Waals surface area contributed by atoms with E-state index in [9.17, 15) is 9.90 Å². The van der Waals surface area contributed by atoms with Crippen LogP contribution >= 0.6 is 0 Å². The minimum Gasteiger partial charge on any atom is -0.508 e. The molecule has 0 aliphatic carbocycles. The lowest BCUT2D eigenvalue weighted by atomic mass is 9.93. The van der Waals surface area contributed by atoms with Crippen molar-refractivity contribution >= 4 is 6.29 Å². The molecule has 3 heteroatoms. The molecule has 0 fully saturated rings. The monoisotopic (exact) mass is 206 g/mol. The topological polar surface area (TPSA) is 46.5 Å². The van der Waals surface area contributed by atoms with Gasteiger partial charge in [0.1, 0.15) is 11.5 Å². The van der Waals surface area contributed by atoms with Gasteiger partial charge < -0.3 is 9.84 Å². The van der Waals surface area contributed by atoms with E-state index < -0.39 is 5.60 Å². The smallest absolute Gasteiger partial charge is 0.163 e. The number of phenols is 1. The second-order valence-electron chi connectivity index (χ2n) is 4.28. The predicted octanol–water partition coefficient (Wildman–Crippen LogP) is 1.98. The van der Waals surface area contributed by atoms with Gasteiger partial charge in [-0.15, -0.1) is 0 Å². The van der Waals surface area contributed by atoms with Crippen molar-refractivity contribution in [2.45, 2.75) is 32.3 Å². The van der Waals surface area contributed by atoms with Gasteiger partial charge in [-0.05, 0) is 49.9 Å². The molecule has 0 spiro atoms. The molecule has 0 aromatic heterocycles. The van der Waals surface area contributed by atoms with Crippen molar-refractivity contribution in [3.05, 3.63) is 23.3 Å². The van der Waals surface area contributed by atoms with Crippen LogP contribution in [0.1, 0.15) is 24.5 Å². The molecule has 0 saturated heterocycles. The highest BCUT2D eigenvalue weighted by atomic mass is 16.5. The number of hydrogen-bond acceptors (Lipinski definition) is 3. The van der Waals surface area contributed by atoms with Crippen LogP contribution in [-0.2, 0) is 11.2 Å². The molecule has 1 aliphatic rings. The van der Waals surface area contributed by atoms with Crippen LogP contribution in [0.15, 0.2) is 12.1 Å². The van der Waals surface area contributed by atoms with Crippen LogP contribution < -0.4 is 4.74 Å². The van der Waals surface area contributed by atoms with Crippen molar-refractivity contribution in [3.63, 3.8) is 0 Å². The Balaban J connectivity index is 2.42. The molecule has 0 saturated carbocycles. The zero-order valence-corrected chi connectivity index (χ0v) is 8.91. The molecule has 1 N–H and O–H groups in total. The third-order valence-electron chi connectivity index (χ3n) is 2.86. The standard InChI is InChI=1S/C12H14O3/c1-8-5-11-9(6-10(8)14)3-4-12(2,7-13)15-11/h5-7,14H,3-4H2,1-2H3. The number of rotatable bonds is 1. The molecule has 1 unspecified atom stereocenters. The second-order valence-corrected chi connectivity index (χ2v) is 4.28. The Labute approximate surface area is 88.7 Å². The van der Waals surface area contributed by atoms with E-state index in [4.69, 9.17) is 4.74 Å². The number of ether oxygens (including phenoxy) is 1. The first-order valence-corrected chi connectivity index (χ1v) is 5.02. The lowest BCUT2D eigenvalue weighted by molar-refractivity contribution is -0.121. The minimum absolute atomic E-state index is 0.284. The minimum atomic E-state index is -0.712. The molecule has 2 rings (SSSR count). The summed E-state index contributed by atoms with van der Waals surface area (Å²) >= 11 is 0. The van der Waals surface area contributed by atoms with Crippen molar-refractivity contribution in [2.24, 2.45) is 0 Å². The van der Waals surface area contributed by atoms with Crippen molar-refractivity contribution in [1.29, 1.82) is 0 Å². The second kappa shape index (κ2) is 3.26. The molecule has 0 bridgehead atoms. The fourth-order valence-electron chi connectivity index (χ4n) is 1.77. The Morgan fingerprint density at radius 3 is 2.93 bits per heavy atom. The maximum atomic E-state index is 10.9. The Bertz CT molecular complexity index is 412. The van der Waals surface area contributed by atoms with Crippen LogP contribution in [-0.4, -0.2) is 17.0 Å². The van der Waals surface area contributed by atoms with E-state index in [0.717, 1.165) is 23.8 Å². The third-order valence-corrected chi connectivity index (χ3v) is 2.86. The van der Waals surface area contributed by atoms with E-state index in [1.807, 2.05) is 6.92 Å². The van der Waals surface area contributed by atoms with Gasteiger partial charge in [-0.1, -0.05) is 0 Å². The zero-order chi connectivity index (χ0) is 11.1. The maximum absolute atomic E-state index is 10.9. The van der Waals surface area contributed by atoms with E-state index >= 15 is 0 Å². The highest BCUT2D eigenvalue weighted by Crippen LogP contribution is 2.36. The van der Waals surface area contributed by atoms with Gasteiger partial charge in [0.2, 0.25) is 0 Å². The van der Waals surface area contributed by atoms with Crippen molar-refractivity contribution in [3.8, 4) is 11.5 Å². The maximum Gasteiger partial charge on any atom is 0.163 e. The quantitative estimate of drug-likeness (QED) is 0.715. The van der Waals surface area contributed by atoms with E-state index in [1.54, 1.807) is 19.1 Å². The summed E-state index contributed by atoms with van der Waals surface area (Å²) in [4.78, 5) is 10.9. The lowest BCUT2D eigenvalue weighted by Gasteiger charge is -2.31. The van der Waals surface area contributed by atoms with E-state index in [0.29, 0.717) is 12.2 Å². The number of fused-ring (bicyclic) bond motifs is 1. The summed E-state index contributed by atoms with van der Waals surface area (Å²) in [6, 6.07) is 3.50. The van der Waals surface area contributed by atoms with E-state index in [1.165, 1.54) is 0 Å². The first kappa shape index (κ1) is 10.0. The van der Waals surface area contributed by atoms with Gasteiger partial charge in [0.25, 0.3) is 0 Å². The summed E-state index contributed by atoms with van der Waals surface area (Å²) in [5.74, 6) is 0.998. The fourth-order valence-corrected chi connectivity index (χ4v) is 1.77. The molecular formula is C12H14O3. The summed E-state index contributed by atoms with van der Waals surface area (Å²) in [5.41, 5.74) is 1.03. The van der Waals surface area contributed by atoms with Gasteiger partial charge in [-0.2, -0.15) is 0 Å². The number of aldehydes is 1. The van der Waals surface area contributed by atoms with Crippen LogP contribution in [0.2, 0.25) is 0 Å². The summed E-state index contributed by atoms with van der Waals surface area (Å²) in [6.45, 7) is 3.59. The van der Waals surface area contributed by atoms with Gasteiger partial charge in [-0.3, -0.25) is 4.79 Å². The number of hydrogen-bond donors (Lipinski definition) is 1. The Morgan fingerprint density at radius 2 is 2.27 bits per heavy atom. The first-order valence-electron chi connectivity index (χ1n) is 5.02. The molecule has 1 aliphatic heterocycles. The molecule has 80 valence electrons. The van der Waals surface area contributed by atoms with E-state index in [-0.39, 0.29) is 5.75 Å². The number of carbonyl (C=O) groups is 1. The molecule has 0 amide bonds. The Hall–Kier alpha value is -1.51. The molecular weight excluding hydrogens is 192 g/mol. The van der Waals surface area contributed by atoms with Gasteiger partial charge in [-0.25, -0.2) is 0 Å². The van der Waals surface area contributed by atoms with Gasteiger partial charge in [0.05, 0.1) is 0 Å². The van der Waals surface area contributed by atoms with Crippen molar-refractivity contribution < 1.29 is 14.6 Å². The fraction of sp³-hybridized carbons (Fsp3) is 0.417. The van der Waals surface area contributed by atoms with Crippen LogP contribution in [0.5, 0.6) is 11.5 Å². The number of benzene rings is 1. The summed E-state index contributed by atoms with van der Waals surface area (Å²) in [6.07, 6.45) is 2.27. The first-order chi connectivity index (χ1) is 7.04. The number of aryl methyl sites for hydroxylation is 2. The zero-order valence-electron chi connectivity index (χ0n) is 8.91. The normalized spacial score (nSPS) is 24.1. The molecule has 1 aromatic carbocycles. The molecule has 15 heavy (non-hydrogen) atoms. The lowest BCUT2D eigenvalue weighted by Crippen LogP contribution is -2.37. The predicted molar refractivity (Wildman–Crippen MR) is 56.3 cm³/mol. The molecule has 1 aromatic rings.